The van der Waals surface area contributed by atoms with Gasteiger partial charge in [-0.2, -0.15) is 0 Å². The molecule has 7 nitrogen and oxygen atoms in total. The summed E-state index contributed by atoms with van der Waals surface area (Å²) in [4.78, 5) is 28.1. The summed E-state index contributed by atoms with van der Waals surface area (Å²) in [7, 11) is 1.52. The van der Waals surface area contributed by atoms with Crippen LogP contribution >= 0.6 is 11.8 Å². The van der Waals surface area contributed by atoms with Crippen LogP contribution in [0.5, 0.6) is 5.75 Å². The van der Waals surface area contributed by atoms with E-state index in [2.05, 4.69) is 6.92 Å². The number of aryl methyl sites for hydroxylation is 1. The van der Waals surface area contributed by atoms with Crippen molar-refractivity contribution in [1.29, 1.82) is 0 Å². The number of thioether (sulfide) groups is 1. The van der Waals surface area contributed by atoms with Crippen LogP contribution < -0.4 is 9.30 Å². The quantitative estimate of drug-likeness (QED) is 0.0830. The van der Waals surface area contributed by atoms with Gasteiger partial charge in [-0.05, 0) is 31.9 Å². The lowest BCUT2D eigenvalue weighted by atomic mass is 10.0. The zero-order chi connectivity index (χ0) is 32.8. The number of ether oxygens (including phenoxy) is 3. The number of unbranched alkanes of at least 4 members (excludes halogenated alkanes) is 13. The molecule has 1 saturated heterocycles. The zero-order valence-electron chi connectivity index (χ0n) is 28.8. The zero-order valence-corrected chi connectivity index (χ0v) is 29.6. The van der Waals surface area contributed by atoms with Gasteiger partial charge in [0.1, 0.15) is 25.4 Å². The Hall–Kier alpha value is -2.58. The molecule has 1 fully saturated rings. The van der Waals surface area contributed by atoms with E-state index in [1.165, 1.54) is 95.5 Å². The molecule has 0 aliphatic carbocycles. The lowest BCUT2D eigenvalue weighted by Gasteiger charge is -2.34. The second-order valence-corrected chi connectivity index (χ2v) is 14.0. The van der Waals surface area contributed by atoms with Crippen LogP contribution in [0.25, 0.3) is 0 Å². The number of imide groups is 1. The van der Waals surface area contributed by atoms with Crippen LogP contribution in [0.1, 0.15) is 126 Å². The van der Waals surface area contributed by atoms with Gasteiger partial charge in [0.25, 0.3) is 5.91 Å². The number of hydrogen-bond acceptors (Lipinski definition) is 6. The van der Waals surface area contributed by atoms with E-state index in [4.69, 9.17) is 14.2 Å². The van der Waals surface area contributed by atoms with E-state index in [9.17, 15) is 9.59 Å². The number of rotatable bonds is 24. The third-order valence-corrected chi connectivity index (χ3v) is 10.2. The molecule has 46 heavy (non-hydrogen) atoms. The van der Waals surface area contributed by atoms with Gasteiger partial charge >= 0.3 is 6.09 Å². The molecule has 0 unspecified atom stereocenters. The monoisotopic (exact) mass is 655 g/mol. The van der Waals surface area contributed by atoms with Crippen molar-refractivity contribution < 1.29 is 28.4 Å². The lowest BCUT2D eigenvalue weighted by molar-refractivity contribution is -0.701. The smallest absolute Gasteiger partial charge is 0.417 e. The largest absolute Gasteiger partial charge is 0.496 e. The average molecular weight is 656 g/mol. The summed E-state index contributed by atoms with van der Waals surface area (Å²) < 4.78 is 19.1. The predicted octanol–water partition coefficient (Wildman–Crippen LogP) is 9.15. The predicted molar refractivity (Wildman–Crippen MR) is 187 cm³/mol. The Labute approximate surface area is 282 Å². The number of pyridine rings is 1. The molecule has 3 rings (SSSR count). The Kier molecular flexibility index (Phi) is 18.8. The molecule has 1 aliphatic heterocycles. The number of para-hydroxylation sites is 1. The maximum atomic E-state index is 13.6. The summed E-state index contributed by atoms with van der Waals surface area (Å²) in [6.45, 7) is 6.99. The fourth-order valence-corrected chi connectivity index (χ4v) is 7.13. The summed E-state index contributed by atoms with van der Waals surface area (Å²) in [5, 5.41) is 0.661. The highest BCUT2D eigenvalue weighted by atomic mass is 32.2. The molecule has 0 spiro atoms. The minimum absolute atomic E-state index is 0.109. The van der Waals surface area contributed by atoms with E-state index < -0.39 is 12.0 Å². The number of benzene rings is 1. The number of hydrogen-bond donors (Lipinski definition) is 0. The Bertz CT molecular complexity index is 1140. The normalized spacial score (nSPS) is 15.7. The standard InChI is InChI=1S/C38H59N2O5S/c1-4-6-7-8-9-10-11-12-13-14-15-16-17-22-27-44-30-33-28-34(46-33)31-45-38(42)40(29-32-23-20-21-26-39(32)5-2)37(41)35-24-18-19-25-36(35)43-3/h18-21,23-26,33-34H,4-17,22,27-31H2,1-3H3/q+1/t33-,34-/m0/s1. The lowest BCUT2D eigenvalue weighted by Crippen LogP contribution is -2.44. The van der Waals surface area contributed by atoms with Gasteiger partial charge in [-0.3, -0.25) is 4.79 Å². The first-order chi connectivity index (χ1) is 22.6. The van der Waals surface area contributed by atoms with Crippen LogP contribution in [-0.2, 0) is 22.6 Å². The highest BCUT2D eigenvalue weighted by Gasteiger charge is 2.34. The van der Waals surface area contributed by atoms with Gasteiger partial charge in [0, 0.05) is 29.2 Å². The maximum absolute atomic E-state index is 13.6. The second kappa shape index (κ2) is 22.9. The van der Waals surface area contributed by atoms with Crippen molar-refractivity contribution in [3.05, 3.63) is 59.9 Å². The van der Waals surface area contributed by atoms with E-state index in [0.717, 1.165) is 38.3 Å². The van der Waals surface area contributed by atoms with Gasteiger partial charge in [0.15, 0.2) is 6.20 Å². The van der Waals surface area contributed by atoms with Crippen LogP contribution in [0.3, 0.4) is 0 Å². The van der Waals surface area contributed by atoms with E-state index in [1.807, 2.05) is 35.9 Å². The molecule has 1 aromatic heterocycles. The first-order valence-electron chi connectivity index (χ1n) is 17.9. The first kappa shape index (κ1) is 37.9. The molecular weight excluding hydrogens is 596 g/mol. The molecule has 2 heterocycles. The van der Waals surface area contributed by atoms with Crippen molar-refractivity contribution >= 4 is 23.8 Å². The molecular formula is C38H59N2O5S+. The molecule has 0 bridgehead atoms. The summed E-state index contributed by atoms with van der Waals surface area (Å²) in [5.41, 5.74) is 1.18. The van der Waals surface area contributed by atoms with Crippen molar-refractivity contribution in [2.75, 3.05) is 26.9 Å². The molecule has 256 valence electrons. The number of aromatic nitrogens is 1. The molecule has 2 atom stereocenters. The van der Waals surface area contributed by atoms with Gasteiger partial charge in [-0.25, -0.2) is 14.3 Å². The third kappa shape index (κ3) is 13.6. The fourth-order valence-electron chi connectivity index (χ4n) is 5.94. The number of methoxy groups -OCH3 is 1. The highest BCUT2D eigenvalue weighted by molar-refractivity contribution is 8.01. The molecule has 1 aliphatic rings. The third-order valence-electron chi connectivity index (χ3n) is 8.75. The second-order valence-electron chi connectivity index (χ2n) is 12.4. The van der Waals surface area contributed by atoms with E-state index >= 15 is 0 Å². The minimum atomic E-state index is -0.638. The minimum Gasteiger partial charge on any atom is -0.496 e. The number of carbonyl (C=O) groups excluding carboxylic acids is 2. The van der Waals surface area contributed by atoms with Crippen LogP contribution in [0.4, 0.5) is 4.79 Å². The van der Waals surface area contributed by atoms with Gasteiger partial charge in [0.05, 0.1) is 19.3 Å². The van der Waals surface area contributed by atoms with Crippen LogP contribution in [0.15, 0.2) is 48.7 Å². The van der Waals surface area contributed by atoms with Crippen molar-refractivity contribution in [2.45, 2.75) is 134 Å². The number of amides is 2. The van der Waals surface area contributed by atoms with E-state index in [-0.39, 0.29) is 18.4 Å². The van der Waals surface area contributed by atoms with Crippen molar-refractivity contribution in [2.24, 2.45) is 0 Å². The summed E-state index contributed by atoms with van der Waals surface area (Å²) >= 11 is 1.81. The highest BCUT2D eigenvalue weighted by Crippen LogP contribution is 2.37. The van der Waals surface area contributed by atoms with Gasteiger partial charge in [-0.1, -0.05) is 109 Å². The number of carbonyl (C=O) groups is 2. The molecule has 1 aromatic carbocycles. The Morgan fingerprint density at radius 3 is 2.02 bits per heavy atom. The summed E-state index contributed by atoms with van der Waals surface area (Å²) in [6.07, 6.45) is 21.3. The maximum Gasteiger partial charge on any atom is 0.417 e. The Balaban J connectivity index is 1.28. The Morgan fingerprint density at radius 1 is 0.804 bits per heavy atom. The van der Waals surface area contributed by atoms with Crippen molar-refractivity contribution in [3.8, 4) is 5.75 Å². The summed E-state index contributed by atoms with van der Waals surface area (Å²) in [6, 6.07) is 12.7. The number of nitrogens with zero attached hydrogens (tertiary/aromatic N) is 2. The van der Waals surface area contributed by atoms with E-state index in [1.54, 1.807) is 36.0 Å². The van der Waals surface area contributed by atoms with Gasteiger partial charge in [-0.15, -0.1) is 11.8 Å². The van der Waals surface area contributed by atoms with Crippen LogP contribution in [0.2, 0.25) is 0 Å². The van der Waals surface area contributed by atoms with Crippen LogP contribution in [0, 0.1) is 0 Å². The molecule has 0 radical (unpaired) electrons. The molecule has 0 saturated carbocycles. The molecule has 2 amide bonds. The van der Waals surface area contributed by atoms with Crippen LogP contribution in [-0.4, -0.2) is 54.3 Å². The SMILES string of the molecule is CCCCCCCCCCCCCCCCOC[C@@H]1C[C@@H](COC(=O)N(Cc2cccc[n+]2CC)C(=O)c2ccccc2OC)S1. The molecule has 0 N–H and O–H groups in total. The molecule has 2 aromatic rings. The molecule has 8 heteroatoms. The first-order valence-corrected chi connectivity index (χ1v) is 18.8. The average Bonchev–Trinajstić information content (AvgIpc) is 3.07. The van der Waals surface area contributed by atoms with Crippen molar-refractivity contribution in [1.82, 2.24) is 4.90 Å². The van der Waals surface area contributed by atoms with E-state index in [0.29, 0.717) is 16.6 Å². The van der Waals surface area contributed by atoms with Gasteiger partial charge < -0.3 is 14.2 Å². The topological polar surface area (TPSA) is 69.0 Å². The Morgan fingerprint density at radius 2 is 1.39 bits per heavy atom. The summed E-state index contributed by atoms with van der Waals surface area (Å²) in [5.74, 6) is -0.0156. The fraction of sp³-hybridized carbons (Fsp3) is 0.658. The van der Waals surface area contributed by atoms with Gasteiger partial charge in [0.2, 0.25) is 5.69 Å². The van der Waals surface area contributed by atoms with Crippen molar-refractivity contribution in [3.63, 3.8) is 0 Å².